The quantitative estimate of drug-likeness (QED) is 0.753. The molecule has 0 aliphatic carbocycles. The third-order valence-corrected chi connectivity index (χ3v) is 3.54. The topological polar surface area (TPSA) is 85.2 Å². The molecule has 1 saturated heterocycles. The Morgan fingerprint density at radius 1 is 1.64 bits per heavy atom. The molecule has 2 rings (SSSR count). The van der Waals surface area contributed by atoms with Crippen LogP contribution in [0.15, 0.2) is 4.52 Å². The lowest BCUT2D eigenvalue weighted by atomic mass is 10.2. The van der Waals surface area contributed by atoms with Crippen LogP contribution in [0.3, 0.4) is 0 Å². The van der Waals surface area contributed by atoms with Crippen molar-refractivity contribution in [1.29, 1.82) is 0 Å². The molecule has 0 radical (unpaired) electrons. The minimum absolute atomic E-state index is 0.326. The Labute approximate surface area is 86.1 Å². The van der Waals surface area contributed by atoms with E-state index in [2.05, 4.69) is 10.1 Å². The fourth-order valence-electron chi connectivity index (χ4n) is 1.14. The first-order chi connectivity index (χ1) is 6.68. The SMILES string of the molecule is C[C@@H](O)[C@H](N)c1nc(C2CSC2)no1. The second kappa shape index (κ2) is 3.88. The van der Waals surface area contributed by atoms with Crippen molar-refractivity contribution in [1.82, 2.24) is 10.1 Å². The lowest BCUT2D eigenvalue weighted by Crippen LogP contribution is -2.24. The largest absolute Gasteiger partial charge is 0.391 e. The highest BCUT2D eigenvalue weighted by Crippen LogP contribution is 2.32. The molecule has 1 fully saturated rings. The number of aliphatic hydroxyl groups is 1. The van der Waals surface area contributed by atoms with Gasteiger partial charge in [-0.1, -0.05) is 5.16 Å². The van der Waals surface area contributed by atoms with E-state index in [-0.39, 0.29) is 0 Å². The summed E-state index contributed by atoms with van der Waals surface area (Å²) in [6, 6.07) is -0.580. The number of aliphatic hydroxyl groups excluding tert-OH is 1. The number of hydrogen-bond acceptors (Lipinski definition) is 6. The number of thioether (sulfide) groups is 1. The fraction of sp³-hybridized carbons (Fsp3) is 0.750. The van der Waals surface area contributed by atoms with Crippen LogP contribution in [0.4, 0.5) is 0 Å². The molecular weight excluding hydrogens is 202 g/mol. The van der Waals surface area contributed by atoms with E-state index in [9.17, 15) is 5.11 Å². The molecule has 0 aromatic carbocycles. The first-order valence-corrected chi connectivity index (χ1v) is 5.69. The molecule has 2 heterocycles. The summed E-state index contributed by atoms with van der Waals surface area (Å²) in [4.78, 5) is 4.18. The first-order valence-electron chi connectivity index (χ1n) is 4.53. The molecule has 2 atom stereocenters. The Kier molecular flexibility index (Phi) is 2.76. The van der Waals surface area contributed by atoms with Crippen LogP contribution in [0.5, 0.6) is 0 Å². The third kappa shape index (κ3) is 1.77. The van der Waals surface area contributed by atoms with Gasteiger partial charge in [-0.15, -0.1) is 0 Å². The minimum Gasteiger partial charge on any atom is -0.391 e. The van der Waals surface area contributed by atoms with Gasteiger partial charge >= 0.3 is 0 Å². The molecule has 1 aliphatic heterocycles. The Morgan fingerprint density at radius 2 is 2.36 bits per heavy atom. The Morgan fingerprint density at radius 3 is 2.86 bits per heavy atom. The van der Waals surface area contributed by atoms with Crippen molar-refractivity contribution in [3.05, 3.63) is 11.7 Å². The van der Waals surface area contributed by atoms with Crippen LogP contribution in [0.25, 0.3) is 0 Å². The molecule has 14 heavy (non-hydrogen) atoms. The molecule has 6 heteroatoms. The maximum atomic E-state index is 9.24. The van der Waals surface area contributed by atoms with Crippen molar-refractivity contribution in [2.45, 2.75) is 25.0 Å². The molecule has 1 aromatic rings. The van der Waals surface area contributed by atoms with Gasteiger partial charge in [0.05, 0.1) is 6.10 Å². The Balaban J connectivity index is 2.08. The second-order valence-corrected chi connectivity index (χ2v) is 4.57. The molecule has 0 spiro atoms. The van der Waals surface area contributed by atoms with Crippen LogP contribution in [0.2, 0.25) is 0 Å². The molecular formula is C8H13N3O2S. The number of hydrogen-bond donors (Lipinski definition) is 2. The Bertz CT molecular complexity index is 311. The summed E-state index contributed by atoms with van der Waals surface area (Å²) in [6.07, 6.45) is -0.668. The monoisotopic (exact) mass is 215 g/mol. The van der Waals surface area contributed by atoms with Gasteiger partial charge in [0.15, 0.2) is 5.82 Å². The van der Waals surface area contributed by atoms with Gasteiger partial charge in [-0.05, 0) is 6.92 Å². The van der Waals surface area contributed by atoms with Gasteiger partial charge in [0.2, 0.25) is 5.89 Å². The van der Waals surface area contributed by atoms with E-state index in [4.69, 9.17) is 10.3 Å². The number of nitrogens with zero attached hydrogens (tertiary/aromatic N) is 2. The molecule has 5 nitrogen and oxygen atoms in total. The lowest BCUT2D eigenvalue weighted by Gasteiger charge is -2.20. The standard InChI is InChI=1S/C8H13N3O2S/c1-4(12)6(9)8-10-7(11-13-8)5-2-14-3-5/h4-6,12H,2-3,9H2,1H3/t4-,6+/m1/s1. The van der Waals surface area contributed by atoms with Crippen molar-refractivity contribution in [2.75, 3.05) is 11.5 Å². The van der Waals surface area contributed by atoms with E-state index in [1.807, 2.05) is 11.8 Å². The highest BCUT2D eigenvalue weighted by atomic mass is 32.2. The molecule has 78 valence electrons. The molecule has 0 saturated carbocycles. The van der Waals surface area contributed by atoms with Gasteiger partial charge in [0.1, 0.15) is 6.04 Å². The second-order valence-electron chi connectivity index (χ2n) is 3.49. The minimum atomic E-state index is -0.668. The highest BCUT2D eigenvalue weighted by Gasteiger charge is 2.27. The lowest BCUT2D eigenvalue weighted by molar-refractivity contribution is 0.146. The summed E-state index contributed by atoms with van der Waals surface area (Å²) in [5, 5.41) is 13.1. The van der Waals surface area contributed by atoms with E-state index in [1.165, 1.54) is 0 Å². The van der Waals surface area contributed by atoms with Crippen molar-refractivity contribution in [2.24, 2.45) is 5.73 Å². The van der Waals surface area contributed by atoms with E-state index >= 15 is 0 Å². The molecule has 1 aromatic heterocycles. The number of nitrogens with two attached hydrogens (primary N) is 1. The number of rotatable bonds is 3. The number of aromatic nitrogens is 2. The summed E-state index contributed by atoms with van der Waals surface area (Å²) >= 11 is 1.86. The van der Waals surface area contributed by atoms with Gasteiger partial charge in [-0.3, -0.25) is 0 Å². The molecule has 0 bridgehead atoms. The third-order valence-electron chi connectivity index (χ3n) is 2.27. The summed E-state index contributed by atoms with van der Waals surface area (Å²) < 4.78 is 4.99. The summed E-state index contributed by atoms with van der Waals surface area (Å²) in [5.74, 6) is 3.53. The normalized spacial score (nSPS) is 21.6. The zero-order chi connectivity index (χ0) is 10.1. The zero-order valence-electron chi connectivity index (χ0n) is 7.88. The van der Waals surface area contributed by atoms with E-state index < -0.39 is 12.1 Å². The van der Waals surface area contributed by atoms with Crippen LogP contribution in [0, 0.1) is 0 Å². The van der Waals surface area contributed by atoms with Crippen molar-refractivity contribution >= 4 is 11.8 Å². The zero-order valence-corrected chi connectivity index (χ0v) is 8.70. The average molecular weight is 215 g/mol. The van der Waals surface area contributed by atoms with E-state index in [0.29, 0.717) is 11.8 Å². The molecule has 0 unspecified atom stereocenters. The van der Waals surface area contributed by atoms with Crippen molar-refractivity contribution in [3.8, 4) is 0 Å². The molecule has 3 N–H and O–H groups in total. The van der Waals surface area contributed by atoms with Crippen LogP contribution < -0.4 is 5.73 Å². The predicted octanol–water partition coefficient (Wildman–Crippen LogP) is 0.281. The van der Waals surface area contributed by atoms with Gasteiger partial charge in [0, 0.05) is 17.4 Å². The Hall–Kier alpha value is -0.590. The summed E-state index contributed by atoms with van der Waals surface area (Å²) in [5.41, 5.74) is 5.66. The van der Waals surface area contributed by atoms with E-state index in [1.54, 1.807) is 6.92 Å². The summed E-state index contributed by atoms with van der Waals surface area (Å²) in [6.45, 7) is 1.60. The van der Waals surface area contributed by atoms with Crippen molar-refractivity contribution < 1.29 is 9.63 Å². The maximum absolute atomic E-state index is 9.24. The maximum Gasteiger partial charge on any atom is 0.246 e. The fourth-order valence-corrected chi connectivity index (χ4v) is 1.91. The van der Waals surface area contributed by atoms with Crippen LogP contribution >= 0.6 is 11.8 Å². The van der Waals surface area contributed by atoms with Crippen LogP contribution in [-0.4, -0.2) is 32.9 Å². The molecule has 1 aliphatic rings. The van der Waals surface area contributed by atoms with Crippen molar-refractivity contribution in [3.63, 3.8) is 0 Å². The smallest absolute Gasteiger partial charge is 0.246 e. The molecule has 0 amide bonds. The van der Waals surface area contributed by atoms with E-state index in [0.717, 1.165) is 17.3 Å². The van der Waals surface area contributed by atoms with Gasteiger partial charge in [-0.25, -0.2) is 0 Å². The highest BCUT2D eigenvalue weighted by molar-refractivity contribution is 8.00. The average Bonchev–Trinajstić information content (AvgIpc) is 2.48. The first kappa shape index (κ1) is 9.95. The summed E-state index contributed by atoms with van der Waals surface area (Å²) in [7, 11) is 0. The van der Waals surface area contributed by atoms with Crippen LogP contribution in [0.1, 0.15) is 30.6 Å². The van der Waals surface area contributed by atoms with Gasteiger partial charge in [0.25, 0.3) is 0 Å². The predicted molar refractivity (Wildman–Crippen MR) is 53.0 cm³/mol. The van der Waals surface area contributed by atoms with Gasteiger partial charge < -0.3 is 15.4 Å². The van der Waals surface area contributed by atoms with Crippen LogP contribution in [-0.2, 0) is 0 Å². The van der Waals surface area contributed by atoms with Gasteiger partial charge in [-0.2, -0.15) is 16.7 Å².